The third-order valence-corrected chi connectivity index (χ3v) is 7.04. The summed E-state index contributed by atoms with van der Waals surface area (Å²) in [6.45, 7) is 16.0. The molecular weight excluding hydrogens is 554 g/mol. The summed E-state index contributed by atoms with van der Waals surface area (Å²) in [6.07, 6.45) is 1.80. The Labute approximate surface area is 250 Å². The molecule has 1 atom stereocenters. The maximum absolute atomic E-state index is 13.5. The van der Waals surface area contributed by atoms with Crippen molar-refractivity contribution >= 4 is 23.5 Å². The Kier molecular flexibility index (Phi) is 9.88. The molecule has 0 aliphatic carbocycles. The summed E-state index contributed by atoms with van der Waals surface area (Å²) < 4.78 is 11.6. The van der Waals surface area contributed by atoms with Crippen LogP contribution in [-0.2, 0) is 33.3 Å². The maximum Gasteiger partial charge on any atom is 0.411 e. The molecule has 0 radical (unpaired) electrons. The fourth-order valence-electron chi connectivity index (χ4n) is 4.40. The first-order chi connectivity index (χ1) is 20.0. The van der Waals surface area contributed by atoms with Gasteiger partial charge in [-0.2, -0.15) is 0 Å². The number of Topliss-reactive ketones (excluding diaryl/α,β-unsaturated/α-hetero) is 1. The van der Waals surface area contributed by atoms with Crippen LogP contribution in [0.15, 0.2) is 27.5 Å². The van der Waals surface area contributed by atoms with Gasteiger partial charge in [0, 0.05) is 11.6 Å². The Morgan fingerprint density at radius 3 is 2.30 bits per heavy atom. The molecule has 0 unspecified atom stereocenters. The standard InChI is InChI=1S/C30H41N7O6/c1-11-18-12-13-19(31-14-18)30(8,9)27-36-35-24(43-27)23(39)21(16(2)3)33-20(38)15-37-25(40)22(34-28(41)42-10)17(4)32-26(37)29(5,6)7/h12-14,16,21H,11,15H2,1-10H3,(H,33,38)(H,34,41)/t21-/m1/s1. The number of hydrogen-bond acceptors (Lipinski definition) is 10. The smallest absolute Gasteiger partial charge is 0.411 e. The van der Waals surface area contributed by atoms with Gasteiger partial charge in [-0.25, -0.2) is 9.78 Å². The Hall–Kier alpha value is -4.42. The SMILES string of the molecule is CCc1ccc(C(C)(C)c2nnc(C(=O)[C@H](NC(=O)Cn3c(C(C)(C)C)nc(C)c(NC(=O)OC)c3=O)C(C)C)o2)nc1. The number of ketones is 1. The zero-order valence-electron chi connectivity index (χ0n) is 26.5. The van der Waals surface area contributed by atoms with Gasteiger partial charge < -0.3 is 14.5 Å². The molecule has 232 valence electrons. The van der Waals surface area contributed by atoms with Crippen molar-refractivity contribution in [2.75, 3.05) is 12.4 Å². The van der Waals surface area contributed by atoms with E-state index in [1.807, 2.05) is 53.7 Å². The summed E-state index contributed by atoms with van der Waals surface area (Å²) >= 11 is 0. The fourth-order valence-corrected chi connectivity index (χ4v) is 4.40. The first-order valence-corrected chi connectivity index (χ1v) is 14.1. The highest BCUT2D eigenvalue weighted by atomic mass is 16.5. The first-order valence-electron chi connectivity index (χ1n) is 14.1. The van der Waals surface area contributed by atoms with Crippen molar-refractivity contribution in [3.05, 3.63) is 63.2 Å². The number of aromatic nitrogens is 5. The topological polar surface area (TPSA) is 171 Å². The number of amides is 2. The number of pyridine rings is 1. The Morgan fingerprint density at radius 2 is 1.77 bits per heavy atom. The molecule has 0 aliphatic heterocycles. The molecule has 13 heteroatoms. The zero-order valence-corrected chi connectivity index (χ0v) is 26.5. The van der Waals surface area contributed by atoms with Gasteiger partial charge in [-0.15, -0.1) is 10.2 Å². The molecule has 3 heterocycles. The average molecular weight is 596 g/mol. The predicted octanol–water partition coefficient (Wildman–Crippen LogP) is 3.72. The second-order valence-corrected chi connectivity index (χ2v) is 12.2. The number of aryl methyl sites for hydroxylation is 2. The molecule has 0 fully saturated rings. The van der Waals surface area contributed by atoms with Crippen LogP contribution in [0.2, 0.25) is 0 Å². The highest BCUT2D eigenvalue weighted by Crippen LogP contribution is 2.29. The number of nitrogens with one attached hydrogen (secondary N) is 2. The molecule has 0 aliphatic rings. The van der Waals surface area contributed by atoms with Crippen molar-refractivity contribution < 1.29 is 23.5 Å². The number of nitrogens with zero attached hydrogens (tertiary/aromatic N) is 5. The molecule has 3 rings (SSSR count). The number of methoxy groups -OCH3 is 1. The van der Waals surface area contributed by atoms with E-state index in [1.54, 1.807) is 27.0 Å². The van der Waals surface area contributed by atoms with E-state index >= 15 is 0 Å². The largest absolute Gasteiger partial charge is 0.453 e. The molecular formula is C30H41N7O6. The summed E-state index contributed by atoms with van der Waals surface area (Å²) in [5.41, 5.74) is -0.0649. The van der Waals surface area contributed by atoms with Crippen molar-refractivity contribution in [2.24, 2.45) is 5.92 Å². The van der Waals surface area contributed by atoms with E-state index in [9.17, 15) is 19.2 Å². The number of rotatable bonds is 10. The second kappa shape index (κ2) is 12.8. The van der Waals surface area contributed by atoms with E-state index in [2.05, 4.69) is 35.5 Å². The second-order valence-electron chi connectivity index (χ2n) is 12.2. The highest BCUT2D eigenvalue weighted by molar-refractivity contribution is 5.98. The summed E-state index contributed by atoms with van der Waals surface area (Å²) in [5, 5.41) is 13.2. The number of ether oxygens (including phenoxy) is 1. The Balaban J connectivity index is 1.89. The Morgan fingerprint density at radius 1 is 1.09 bits per heavy atom. The maximum atomic E-state index is 13.5. The van der Waals surface area contributed by atoms with Crippen LogP contribution in [0.25, 0.3) is 0 Å². The van der Waals surface area contributed by atoms with E-state index < -0.39 is 46.8 Å². The van der Waals surface area contributed by atoms with Crippen LogP contribution in [-0.4, -0.2) is 55.7 Å². The van der Waals surface area contributed by atoms with Gasteiger partial charge in [0.15, 0.2) is 0 Å². The van der Waals surface area contributed by atoms with Gasteiger partial charge in [-0.1, -0.05) is 47.6 Å². The fraction of sp³-hybridized carbons (Fsp3) is 0.533. The number of carbonyl (C=O) groups is 3. The third-order valence-electron chi connectivity index (χ3n) is 7.04. The van der Waals surface area contributed by atoms with E-state index in [0.717, 1.165) is 12.0 Å². The molecule has 3 aromatic heterocycles. The molecule has 0 bridgehead atoms. The van der Waals surface area contributed by atoms with Gasteiger partial charge >= 0.3 is 6.09 Å². The van der Waals surface area contributed by atoms with E-state index in [1.165, 1.54) is 11.7 Å². The molecule has 0 aromatic carbocycles. The number of anilines is 1. The molecule has 13 nitrogen and oxygen atoms in total. The van der Waals surface area contributed by atoms with Crippen LogP contribution in [0.4, 0.5) is 10.5 Å². The van der Waals surface area contributed by atoms with Crippen LogP contribution in [0.1, 0.15) is 94.7 Å². The van der Waals surface area contributed by atoms with Gasteiger partial charge in [-0.05, 0) is 44.7 Å². The van der Waals surface area contributed by atoms with E-state index in [-0.39, 0.29) is 29.1 Å². The average Bonchev–Trinajstić information content (AvgIpc) is 3.45. The lowest BCUT2D eigenvalue weighted by molar-refractivity contribution is -0.122. The molecule has 2 N–H and O–H groups in total. The van der Waals surface area contributed by atoms with Gasteiger partial charge in [0.2, 0.25) is 17.6 Å². The monoisotopic (exact) mass is 595 g/mol. The van der Waals surface area contributed by atoms with Crippen molar-refractivity contribution in [3.8, 4) is 0 Å². The molecule has 0 saturated carbocycles. The van der Waals surface area contributed by atoms with Crippen molar-refractivity contribution in [3.63, 3.8) is 0 Å². The van der Waals surface area contributed by atoms with Crippen molar-refractivity contribution in [2.45, 2.75) is 92.2 Å². The molecule has 3 aromatic rings. The summed E-state index contributed by atoms with van der Waals surface area (Å²) in [5.74, 6) is -1.24. The van der Waals surface area contributed by atoms with E-state index in [0.29, 0.717) is 11.5 Å². The lowest BCUT2D eigenvalue weighted by Gasteiger charge is -2.25. The van der Waals surface area contributed by atoms with Crippen LogP contribution < -0.4 is 16.2 Å². The van der Waals surface area contributed by atoms with Crippen LogP contribution >= 0.6 is 0 Å². The van der Waals surface area contributed by atoms with Gasteiger partial charge in [0.05, 0.1) is 30.0 Å². The van der Waals surface area contributed by atoms with Gasteiger partial charge in [-0.3, -0.25) is 29.3 Å². The zero-order chi connectivity index (χ0) is 32.3. The minimum Gasteiger partial charge on any atom is -0.453 e. The number of hydrogen-bond donors (Lipinski definition) is 2. The van der Waals surface area contributed by atoms with Gasteiger partial charge in [0.1, 0.15) is 18.1 Å². The molecule has 0 saturated heterocycles. The van der Waals surface area contributed by atoms with Crippen LogP contribution in [0.3, 0.4) is 0 Å². The minimum atomic E-state index is -1.02. The van der Waals surface area contributed by atoms with Crippen LogP contribution in [0, 0.1) is 12.8 Å². The van der Waals surface area contributed by atoms with Gasteiger partial charge in [0.25, 0.3) is 11.4 Å². The summed E-state index contributed by atoms with van der Waals surface area (Å²) in [4.78, 5) is 61.2. The highest BCUT2D eigenvalue weighted by Gasteiger charge is 2.35. The minimum absolute atomic E-state index is 0.107. The summed E-state index contributed by atoms with van der Waals surface area (Å²) in [6, 6.07) is 2.85. The first kappa shape index (κ1) is 33.1. The lowest BCUT2D eigenvalue weighted by Crippen LogP contribution is -2.47. The van der Waals surface area contributed by atoms with E-state index in [4.69, 9.17) is 4.42 Å². The molecule has 0 spiro atoms. The van der Waals surface area contributed by atoms with Crippen molar-refractivity contribution in [1.82, 2.24) is 30.0 Å². The summed E-state index contributed by atoms with van der Waals surface area (Å²) in [7, 11) is 1.17. The molecule has 43 heavy (non-hydrogen) atoms. The third kappa shape index (κ3) is 7.33. The lowest BCUT2D eigenvalue weighted by atomic mass is 9.88. The quantitative estimate of drug-likeness (QED) is 0.329. The van der Waals surface area contributed by atoms with Crippen molar-refractivity contribution in [1.29, 1.82) is 0 Å². The normalized spacial score (nSPS) is 12.6. The molecule has 2 amide bonds. The van der Waals surface area contributed by atoms with Crippen LogP contribution in [0.5, 0.6) is 0 Å². The number of carbonyl (C=O) groups excluding carboxylic acids is 3. The predicted molar refractivity (Wildman–Crippen MR) is 159 cm³/mol. The Bertz CT molecular complexity index is 1550.